The third kappa shape index (κ3) is 7.85. The minimum atomic E-state index is -4.52. The first-order valence-electron chi connectivity index (χ1n) is 6.45. The van der Waals surface area contributed by atoms with Gasteiger partial charge in [0.1, 0.15) is 19.8 Å². The number of halogens is 4. The molecule has 0 spiro atoms. The van der Waals surface area contributed by atoms with Gasteiger partial charge in [-0.15, -0.1) is 0 Å². The van der Waals surface area contributed by atoms with Crippen LogP contribution in [0.15, 0.2) is 24.3 Å². The summed E-state index contributed by atoms with van der Waals surface area (Å²) in [6.07, 6.45) is -4.52. The van der Waals surface area contributed by atoms with Crippen molar-refractivity contribution < 1.29 is 32.2 Å². The summed E-state index contributed by atoms with van der Waals surface area (Å²) in [5.41, 5.74) is 0.655. The molecule has 0 unspecified atom stereocenters. The van der Waals surface area contributed by atoms with Crippen LogP contribution in [0.3, 0.4) is 0 Å². The molecule has 1 amide bonds. The first-order chi connectivity index (χ1) is 10.7. The molecule has 0 aliphatic rings. The number of rotatable bonds is 7. The van der Waals surface area contributed by atoms with Crippen molar-refractivity contribution in [2.45, 2.75) is 12.7 Å². The molecule has 0 aliphatic heterocycles. The lowest BCUT2D eigenvalue weighted by Crippen LogP contribution is -2.38. The monoisotopic (exact) mass is 353 g/mol. The van der Waals surface area contributed by atoms with Gasteiger partial charge in [-0.1, -0.05) is 23.7 Å². The van der Waals surface area contributed by atoms with Crippen LogP contribution in [0.1, 0.15) is 5.56 Å². The van der Waals surface area contributed by atoms with Crippen molar-refractivity contribution in [1.82, 2.24) is 4.90 Å². The van der Waals surface area contributed by atoms with E-state index in [0.717, 1.165) is 12.0 Å². The average molecular weight is 354 g/mol. The summed E-state index contributed by atoms with van der Waals surface area (Å²) >= 11 is 5.75. The molecule has 1 aromatic rings. The summed E-state index contributed by atoms with van der Waals surface area (Å²) in [6.45, 7) is -2.70. The number of carbonyl (C=O) groups is 2. The molecule has 0 radical (unpaired) electrons. The van der Waals surface area contributed by atoms with Crippen LogP contribution in [0.25, 0.3) is 0 Å². The van der Waals surface area contributed by atoms with Gasteiger partial charge in [-0.2, -0.15) is 13.2 Å². The quantitative estimate of drug-likeness (QED) is 0.706. The molecule has 23 heavy (non-hydrogen) atoms. The molecule has 0 saturated heterocycles. The fourth-order valence-electron chi connectivity index (χ4n) is 1.61. The predicted molar refractivity (Wildman–Crippen MR) is 75.8 cm³/mol. The summed E-state index contributed by atoms with van der Waals surface area (Å²) in [5, 5.41) is 0.494. The summed E-state index contributed by atoms with van der Waals surface area (Å²) < 4.78 is 44.9. The molecule has 1 aromatic carbocycles. The van der Waals surface area contributed by atoms with E-state index in [1.54, 1.807) is 24.3 Å². The number of carbonyl (C=O) groups excluding carboxylic acids is 2. The van der Waals surface area contributed by atoms with E-state index in [0.29, 0.717) is 10.6 Å². The Labute approximate surface area is 135 Å². The standard InChI is InChI=1S/C14H15ClF3NO4/c1-22-13(21)7-19(6-10-2-4-11(15)5-3-10)12(20)8-23-9-14(16,17)18/h2-5H,6-9H2,1H3. The minimum absolute atomic E-state index is 0.0144. The van der Waals surface area contributed by atoms with Crippen molar-refractivity contribution in [2.24, 2.45) is 0 Å². The fourth-order valence-corrected chi connectivity index (χ4v) is 1.73. The lowest BCUT2D eigenvalue weighted by atomic mass is 10.2. The fraction of sp³-hybridized carbons (Fsp3) is 0.429. The van der Waals surface area contributed by atoms with E-state index >= 15 is 0 Å². The van der Waals surface area contributed by atoms with Crippen LogP contribution in [0.2, 0.25) is 5.02 Å². The van der Waals surface area contributed by atoms with E-state index in [1.807, 2.05) is 0 Å². The molecule has 128 valence electrons. The van der Waals surface area contributed by atoms with E-state index in [-0.39, 0.29) is 6.54 Å². The molecule has 9 heteroatoms. The van der Waals surface area contributed by atoms with Crippen molar-refractivity contribution >= 4 is 23.5 Å². The molecular weight excluding hydrogens is 339 g/mol. The summed E-state index contributed by atoms with van der Waals surface area (Å²) in [7, 11) is 1.15. The van der Waals surface area contributed by atoms with E-state index in [1.165, 1.54) is 0 Å². The Morgan fingerprint density at radius 1 is 1.22 bits per heavy atom. The maximum Gasteiger partial charge on any atom is 0.411 e. The maximum absolute atomic E-state index is 12.0. The van der Waals surface area contributed by atoms with Crippen LogP contribution in [0, 0.1) is 0 Å². The van der Waals surface area contributed by atoms with Crippen molar-refractivity contribution in [1.29, 1.82) is 0 Å². The Bertz CT molecular complexity index is 534. The number of esters is 1. The summed E-state index contributed by atoms with van der Waals surface area (Å²) in [4.78, 5) is 24.3. The van der Waals surface area contributed by atoms with Gasteiger partial charge in [0.15, 0.2) is 0 Å². The van der Waals surface area contributed by atoms with Crippen LogP contribution in [-0.4, -0.2) is 49.8 Å². The van der Waals surface area contributed by atoms with E-state index in [9.17, 15) is 22.8 Å². The number of nitrogens with zero attached hydrogens (tertiary/aromatic N) is 1. The van der Waals surface area contributed by atoms with Crippen molar-refractivity contribution in [2.75, 3.05) is 26.9 Å². The highest BCUT2D eigenvalue weighted by Gasteiger charge is 2.28. The Morgan fingerprint density at radius 3 is 2.35 bits per heavy atom. The zero-order valence-electron chi connectivity index (χ0n) is 12.2. The third-order valence-electron chi connectivity index (χ3n) is 2.68. The van der Waals surface area contributed by atoms with Gasteiger partial charge >= 0.3 is 12.1 Å². The SMILES string of the molecule is COC(=O)CN(Cc1ccc(Cl)cc1)C(=O)COCC(F)(F)F. The molecule has 0 bridgehead atoms. The number of ether oxygens (including phenoxy) is 2. The van der Waals surface area contributed by atoms with Gasteiger partial charge in [-0.25, -0.2) is 0 Å². The van der Waals surface area contributed by atoms with Crippen LogP contribution in [0.4, 0.5) is 13.2 Å². The van der Waals surface area contributed by atoms with Crippen molar-refractivity contribution in [3.05, 3.63) is 34.9 Å². The topological polar surface area (TPSA) is 55.8 Å². The van der Waals surface area contributed by atoms with Gasteiger partial charge < -0.3 is 14.4 Å². The van der Waals surface area contributed by atoms with E-state index in [2.05, 4.69) is 9.47 Å². The highest BCUT2D eigenvalue weighted by molar-refractivity contribution is 6.30. The molecule has 0 atom stereocenters. The minimum Gasteiger partial charge on any atom is -0.468 e. The third-order valence-corrected chi connectivity index (χ3v) is 2.93. The Kier molecular flexibility index (Phi) is 7.31. The first kappa shape index (κ1) is 19.2. The second kappa shape index (κ2) is 8.73. The second-order valence-corrected chi connectivity index (χ2v) is 5.00. The first-order valence-corrected chi connectivity index (χ1v) is 6.82. The molecule has 0 saturated carbocycles. The predicted octanol–water partition coefficient (Wildman–Crippen LogP) is 2.42. The Morgan fingerprint density at radius 2 is 1.83 bits per heavy atom. The second-order valence-electron chi connectivity index (χ2n) is 4.56. The lowest BCUT2D eigenvalue weighted by molar-refractivity contribution is -0.178. The van der Waals surface area contributed by atoms with Crippen LogP contribution in [0.5, 0.6) is 0 Å². The number of amides is 1. The molecule has 1 rings (SSSR count). The van der Waals surface area contributed by atoms with Crippen LogP contribution < -0.4 is 0 Å². The zero-order valence-corrected chi connectivity index (χ0v) is 13.0. The van der Waals surface area contributed by atoms with Gasteiger partial charge in [0.25, 0.3) is 0 Å². The zero-order chi connectivity index (χ0) is 17.5. The van der Waals surface area contributed by atoms with Crippen molar-refractivity contribution in [3.63, 3.8) is 0 Å². The number of hydrogen-bond donors (Lipinski definition) is 0. The molecular formula is C14H15ClF3NO4. The molecule has 0 aliphatic carbocycles. The average Bonchev–Trinajstić information content (AvgIpc) is 2.47. The van der Waals surface area contributed by atoms with E-state index < -0.39 is 37.8 Å². The smallest absolute Gasteiger partial charge is 0.411 e. The van der Waals surface area contributed by atoms with Crippen LogP contribution in [-0.2, 0) is 25.6 Å². The molecule has 0 N–H and O–H groups in total. The number of hydrogen-bond acceptors (Lipinski definition) is 4. The largest absolute Gasteiger partial charge is 0.468 e. The highest BCUT2D eigenvalue weighted by atomic mass is 35.5. The summed E-state index contributed by atoms with van der Waals surface area (Å²) in [6, 6.07) is 6.46. The van der Waals surface area contributed by atoms with Gasteiger partial charge in [0.2, 0.25) is 5.91 Å². The van der Waals surface area contributed by atoms with Gasteiger partial charge in [-0.3, -0.25) is 9.59 Å². The lowest BCUT2D eigenvalue weighted by Gasteiger charge is -2.21. The Hall–Kier alpha value is -1.80. The van der Waals surface area contributed by atoms with Gasteiger partial charge in [-0.05, 0) is 17.7 Å². The number of benzene rings is 1. The maximum atomic E-state index is 12.0. The molecule has 0 fully saturated rings. The normalized spacial score (nSPS) is 11.2. The number of alkyl halides is 3. The molecule has 5 nitrogen and oxygen atoms in total. The molecule has 0 heterocycles. The van der Waals surface area contributed by atoms with Crippen LogP contribution >= 0.6 is 11.6 Å². The molecule has 0 aromatic heterocycles. The number of methoxy groups -OCH3 is 1. The Balaban J connectivity index is 2.69. The van der Waals surface area contributed by atoms with Gasteiger partial charge in [0.05, 0.1) is 7.11 Å². The summed E-state index contributed by atoms with van der Waals surface area (Å²) in [5.74, 6) is -1.45. The van der Waals surface area contributed by atoms with Gasteiger partial charge in [0, 0.05) is 11.6 Å². The van der Waals surface area contributed by atoms with Crippen molar-refractivity contribution in [3.8, 4) is 0 Å². The highest BCUT2D eigenvalue weighted by Crippen LogP contribution is 2.15. The van der Waals surface area contributed by atoms with E-state index in [4.69, 9.17) is 11.6 Å².